The Morgan fingerprint density at radius 2 is 1.67 bits per heavy atom. The quantitative estimate of drug-likeness (QED) is 0.862. The number of sulfone groups is 1. The van der Waals surface area contributed by atoms with E-state index in [-0.39, 0.29) is 11.2 Å². The van der Waals surface area contributed by atoms with Gasteiger partial charge in [-0.1, -0.05) is 39.8 Å². The fourth-order valence-electron chi connectivity index (χ4n) is 1.82. The van der Waals surface area contributed by atoms with E-state index in [1.54, 1.807) is 19.1 Å². The summed E-state index contributed by atoms with van der Waals surface area (Å²) in [5.74, 6) is 0.146. The first-order valence-electron chi connectivity index (χ1n) is 6.37. The summed E-state index contributed by atoms with van der Waals surface area (Å²) in [5, 5.41) is 3.32. The largest absolute Gasteiger partial charge is 0.316 e. The Morgan fingerprint density at radius 3 is 2.11 bits per heavy atom. The van der Waals surface area contributed by atoms with E-state index in [9.17, 15) is 8.42 Å². The van der Waals surface area contributed by atoms with Crippen LogP contribution >= 0.6 is 0 Å². The molecule has 0 aromatic heterocycles. The van der Waals surface area contributed by atoms with Gasteiger partial charge < -0.3 is 5.32 Å². The van der Waals surface area contributed by atoms with Crippen molar-refractivity contribution in [1.29, 1.82) is 0 Å². The number of nitrogens with one attached hydrogen (secondary N) is 1. The molecule has 0 radical (unpaired) electrons. The number of likely N-dealkylation sites (N-methyl/N-ethyl adjacent to an activating group) is 1. The molecule has 18 heavy (non-hydrogen) atoms. The molecule has 1 aromatic rings. The zero-order valence-electron chi connectivity index (χ0n) is 11.7. The molecule has 3 nitrogen and oxygen atoms in total. The Labute approximate surface area is 111 Å². The van der Waals surface area contributed by atoms with Gasteiger partial charge >= 0.3 is 0 Å². The van der Waals surface area contributed by atoms with Gasteiger partial charge in [0.05, 0.1) is 10.6 Å². The molecule has 0 atom stereocenters. The molecule has 0 fully saturated rings. The molecule has 0 bridgehead atoms. The smallest absolute Gasteiger partial charge is 0.178 e. The van der Waals surface area contributed by atoms with Crippen LogP contribution in [0.4, 0.5) is 0 Å². The van der Waals surface area contributed by atoms with E-state index in [4.69, 9.17) is 0 Å². The van der Waals surface area contributed by atoms with Crippen molar-refractivity contribution in [3.8, 4) is 0 Å². The van der Waals surface area contributed by atoms with Crippen LogP contribution in [0.15, 0.2) is 29.2 Å². The molecular formula is C14H23NO2S. The second kappa shape index (κ2) is 5.85. The predicted octanol–water partition coefficient (Wildman–Crippen LogP) is 2.37. The molecular weight excluding hydrogens is 246 g/mol. The minimum atomic E-state index is -3.09. The summed E-state index contributed by atoms with van der Waals surface area (Å²) in [6, 6.07) is 7.25. The molecule has 0 aliphatic carbocycles. The summed E-state index contributed by atoms with van der Waals surface area (Å²) >= 11 is 0. The second-order valence-electron chi connectivity index (χ2n) is 5.09. The summed E-state index contributed by atoms with van der Waals surface area (Å²) in [7, 11) is -3.09. The fraction of sp³-hybridized carbons (Fsp3) is 0.571. The molecule has 4 heteroatoms. The van der Waals surface area contributed by atoms with E-state index < -0.39 is 9.84 Å². The Kier molecular flexibility index (Phi) is 4.93. The SMILES string of the molecule is CCNCC(C)(C)c1ccc(S(=O)(=O)CC)cc1. The molecule has 1 aromatic carbocycles. The molecule has 1 rings (SSSR count). The monoisotopic (exact) mass is 269 g/mol. The Hall–Kier alpha value is -0.870. The lowest BCUT2D eigenvalue weighted by atomic mass is 9.84. The normalized spacial score (nSPS) is 12.7. The van der Waals surface area contributed by atoms with Crippen molar-refractivity contribution in [3.63, 3.8) is 0 Å². The van der Waals surface area contributed by atoms with Crippen LogP contribution in [0.2, 0.25) is 0 Å². The van der Waals surface area contributed by atoms with Crippen LogP contribution in [0.25, 0.3) is 0 Å². The minimum absolute atomic E-state index is 0.00448. The van der Waals surface area contributed by atoms with Gasteiger partial charge in [0, 0.05) is 12.0 Å². The molecule has 102 valence electrons. The van der Waals surface area contributed by atoms with Crippen LogP contribution in [-0.2, 0) is 15.3 Å². The van der Waals surface area contributed by atoms with Gasteiger partial charge in [-0.3, -0.25) is 0 Å². The average molecular weight is 269 g/mol. The lowest BCUT2D eigenvalue weighted by Crippen LogP contribution is -2.32. The Bertz CT molecular complexity index is 475. The van der Waals surface area contributed by atoms with Gasteiger partial charge in [0.1, 0.15) is 0 Å². The van der Waals surface area contributed by atoms with E-state index in [2.05, 4.69) is 26.1 Å². The van der Waals surface area contributed by atoms with Crippen LogP contribution in [0.3, 0.4) is 0 Å². The van der Waals surface area contributed by atoms with Gasteiger partial charge in [0.2, 0.25) is 0 Å². The maximum Gasteiger partial charge on any atom is 0.178 e. The molecule has 0 saturated heterocycles. The first kappa shape index (κ1) is 15.2. The van der Waals surface area contributed by atoms with Crippen molar-refractivity contribution >= 4 is 9.84 Å². The van der Waals surface area contributed by atoms with Crippen LogP contribution in [0.5, 0.6) is 0 Å². The van der Waals surface area contributed by atoms with E-state index in [1.807, 2.05) is 12.1 Å². The lowest BCUT2D eigenvalue weighted by molar-refractivity contribution is 0.477. The van der Waals surface area contributed by atoms with E-state index in [0.29, 0.717) is 4.90 Å². The van der Waals surface area contributed by atoms with Crippen molar-refractivity contribution in [3.05, 3.63) is 29.8 Å². The third kappa shape index (κ3) is 3.56. The Morgan fingerprint density at radius 1 is 1.11 bits per heavy atom. The highest BCUT2D eigenvalue weighted by atomic mass is 32.2. The first-order valence-corrected chi connectivity index (χ1v) is 8.02. The van der Waals surface area contributed by atoms with Crippen LogP contribution in [0, 0.1) is 0 Å². The summed E-state index contributed by atoms with van der Waals surface area (Å²) in [4.78, 5) is 0.410. The summed E-state index contributed by atoms with van der Waals surface area (Å²) < 4.78 is 23.4. The third-order valence-electron chi connectivity index (χ3n) is 3.19. The molecule has 0 aliphatic heterocycles. The fourth-order valence-corrected chi connectivity index (χ4v) is 2.70. The summed E-state index contributed by atoms with van der Waals surface area (Å²) in [5.41, 5.74) is 1.16. The van der Waals surface area contributed by atoms with Gasteiger partial charge in [-0.05, 0) is 24.2 Å². The number of hydrogen-bond donors (Lipinski definition) is 1. The highest BCUT2D eigenvalue weighted by Crippen LogP contribution is 2.24. The standard InChI is InChI=1S/C14H23NO2S/c1-5-15-11-14(3,4)12-7-9-13(10-8-12)18(16,17)6-2/h7-10,15H,5-6,11H2,1-4H3. The van der Waals surface area contributed by atoms with Gasteiger partial charge in [-0.25, -0.2) is 8.42 Å². The van der Waals surface area contributed by atoms with Crippen LogP contribution < -0.4 is 5.32 Å². The topological polar surface area (TPSA) is 46.2 Å². The van der Waals surface area contributed by atoms with Crippen LogP contribution in [-0.4, -0.2) is 27.3 Å². The van der Waals surface area contributed by atoms with E-state index in [0.717, 1.165) is 18.7 Å². The van der Waals surface area contributed by atoms with Gasteiger partial charge in [0.15, 0.2) is 9.84 Å². The lowest BCUT2D eigenvalue weighted by Gasteiger charge is -2.25. The highest BCUT2D eigenvalue weighted by Gasteiger charge is 2.20. The minimum Gasteiger partial charge on any atom is -0.316 e. The molecule has 0 spiro atoms. The van der Waals surface area contributed by atoms with Crippen molar-refractivity contribution in [2.75, 3.05) is 18.8 Å². The van der Waals surface area contributed by atoms with Crippen molar-refractivity contribution < 1.29 is 8.42 Å². The maximum atomic E-state index is 11.7. The van der Waals surface area contributed by atoms with Crippen LogP contribution in [0.1, 0.15) is 33.3 Å². The van der Waals surface area contributed by atoms with Crippen molar-refractivity contribution in [1.82, 2.24) is 5.32 Å². The van der Waals surface area contributed by atoms with Crippen molar-refractivity contribution in [2.45, 2.75) is 38.0 Å². The van der Waals surface area contributed by atoms with Gasteiger partial charge in [0.25, 0.3) is 0 Å². The highest BCUT2D eigenvalue weighted by molar-refractivity contribution is 7.91. The summed E-state index contributed by atoms with van der Waals surface area (Å²) in [6.07, 6.45) is 0. The zero-order chi connectivity index (χ0) is 13.8. The van der Waals surface area contributed by atoms with Crippen molar-refractivity contribution in [2.24, 2.45) is 0 Å². The average Bonchev–Trinajstić information content (AvgIpc) is 2.36. The van der Waals surface area contributed by atoms with E-state index in [1.165, 1.54) is 0 Å². The van der Waals surface area contributed by atoms with Gasteiger partial charge in [-0.15, -0.1) is 0 Å². The Balaban J connectivity index is 2.96. The van der Waals surface area contributed by atoms with E-state index >= 15 is 0 Å². The molecule has 0 heterocycles. The first-order chi connectivity index (χ1) is 8.33. The molecule has 1 N–H and O–H groups in total. The third-order valence-corrected chi connectivity index (χ3v) is 4.94. The molecule has 0 amide bonds. The summed E-state index contributed by atoms with van der Waals surface area (Å²) in [6.45, 7) is 9.86. The maximum absolute atomic E-state index is 11.7. The second-order valence-corrected chi connectivity index (χ2v) is 7.37. The molecule has 0 aliphatic rings. The number of benzene rings is 1. The molecule has 0 saturated carbocycles. The zero-order valence-corrected chi connectivity index (χ0v) is 12.5. The number of hydrogen-bond acceptors (Lipinski definition) is 3. The van der Waals surface area contributed by atoms with Gasteiger partial charge in [-0.2, -0.15) is 0 Å². The number of rotatable bonds is 6. The predicted molar refractivity (Wildman–Crippen MR) is 75.7 cm³/mol. The molecule has 0 unspecified atom stereocenters.